The van der Waals surface area contributed by atoms with Crippen molar-refractivity contribution in [3.05, 3.63) is 18.7 Å². The maximum Gasteiger partial charge on any atom is 0.131 e. The number of hydrogen-bond acceptors (Lipinski definition) is 2. The number of imidazole rings is 1. The third kappa shape index (κ3) is 2.35. The van der Waals surface area contributed by atoms with Gasteiger partial charge in [0.1, 0.15) is 6.23 Å². The molecule has 0 bridgehead atoms. The second kappa shape index (κ2) is 3.53. The first kappa shape index (κ1) is 8.27. The molecule has 62 valence electrons. The van der Waals surface area contributed by atoms with Crippen LogP contribution in [0.5, 0.6) is 0 Å². The van der Waals surface area contributed by atoms with Gasteiger partial charge in [-0.25, -0.2) is 4.98 Å². The number of aliphatic hydroxyl groups is 1. The lowest BCUT2D eigenvalue weighted by Gasteiger charge is -2.13. The summed E-state index contributed by atoms with van der Waals surface area (Å²) in [5.41, 5.74) is 0. The summed E-state index contributed by atoms with van der Waals surface area (Å²) < 4.78 is 1.71. The average Bonchev–Trinajstić information content (AvgIpc) is 2.35. The van der Waals surface area contributed by atoms with Crippen molar-refractivity contribution in [3.8, 4) is 0 Å². The molecule has 1 aromatic heterocycles. The van der Waals surface area contributed by atoms with Crippen LogP contribution >= 0.6 is 0 Å². The Kier molecular flexibility index (Phi) is 2.65. The topological polar surface area (TPSA) is 38.0 Å². The number of aliphatic hydroxyl groups excluding tert-OH is 1. The van der Waals surface area contributed by atoms with Crippen LogP contribution in [-0.4, -0.2) is 14.7 Å². The fourth-order valence-corrected chi connectivity index (χ4v) is 0.989. The minimum absolute atomic E-state index is 0.419. The van der Waals surface area contributed by atoms with Gasteiger partial charge < -0.3 is 9.67 Å². The van der Waals surface area contributed by atoms with Crippen molar-refractivity contribution in [1.29, 1.82) is 0 Å². The Morgan fingerprint density at radius 1 is 1.55 bits per heavy atom. The number of rotatable bonds is 3. The van der Waals surface area contributed by atoms with Gasteiger partial charge in [-0.15, -0.1) is 0 Å². The van der Waals surface area contributed by atoms with Gasteiger partial charge in [0.15, 0.2) is 0 Å². The van der Waals surface area contributed by atoms with Crippen LogP contribution in [0.25, 0.3) is 0 Å². The van der Waals surface area contributed by atoms with Crippen LogP contribution in [0.15, 0.2) is 18.7 Å². The van der Waals surface area contributed by atoms with Gasteiger partial charge in [-0.2, -0.15) is 0 Å². The van der Waals surface area contributed by atoms with E-state index >= 15 is 0 Å². The van der Waals surface area contributed by atoms with Crippen molar-refractivity contribution in [1.82, 2.24) is 9.55 Å². The molecule has 3 heteroatoms. The molecule has 1 unspecified atom stereocenters. The Morgan fingerprint density at radius 2 is 2.27 bits per heavy atom. The maximum absolute atomic E-state index is 9.50. The van der Waals surface area contributed by atoms with Gasteiger partial charge in [0.25, 0.3) is 0 Å². The normalized spacial score (nSPS) is 13.8. The predicted octanol–water partition coefficient (Wildman–Crippen LogP) is 1.42. The predicted molar refractivity (Wildman–Crippen MR) is 42.9 cm³/mol. The first-order chi connectivity index (χ1) is 5.20. The second-order valence-corrected chi connectivity index (χ2v) is 3.12. The van der Waals surface area contributed by atoms with Crippen LogP contribution in [0.4, 0.5) is 0 Å². The van der Waals surface area contributed by atoms with Gasteiger partial charge in [0, 0.05) is 12.4 Å². The van der Waals surface area contributed by atoms with E-state index in [1.165, 1.54) is 0 Å². The average molecular weight is 154 g/mol. The van der Waals surface area contributed by atoms with Gasteiger partial charge in [0.05, 0.1) is 6.33 Å². The lowest BCUT2D eigenvalue weighted by Crippen LogP contribution is -2.08. The smallest absolute Gasteiger partial charge is 0.131 e. The van der Waals surface area contributed by atoms with E-state index in [1.807, 2.05) is 0 Å². The molecule has 11 heavy (non-hydrogen) atoms. The molecule has 0 radical (unpaired) electrons. The highest BCUT2D eigenvalue weighted by Gasteiger charge is 2.06. The van der Waals surface area contributed by atoms with Crippen LogP contribution < -0.4 is 0 Å². The summed E-state index contributed by atoms with van der Waals surface area (Å²) in [4.78, 5) is 3.85. The Hall–Kier alpha value is -0.830. The molecular formula is C8H14N2O. The maximum atomic E-state index is 9.50. The molecule has 1 atom stereocenters. The zero-order chi connectivity index (χ0) is 8.27. The molecule has 3 nitrogen and oxygen atoms in total. The van der Waals surface area contributed by atoms with Crippen molar-refractivity contribution >= 4 is 0 Å². The van der Waals surface area contributed by atoms with Crippen molar-refractivity contribution in [2.24, 2.45) is 5.92 Å². The monoisotopic (exact) mass is 154 g/mol. The molecule has 0 spiro atoms. The van der Waals surface area contributed by atoms with Crippen LogP contribution in [0.3, 0.4) is 0 Å². The van der Waals surface area contributed by atoms with Gasteiger partial charge in [-0.1, -0.05) is 13.8 Å². The number of nitrogens with zero attached hydrogens (tertiary/aromatic N) is 2. The third-order valence-corrected chi connectivity index (χ3v) is 1.55. The quantitative estimate of drug-likeness (QED) is 0.715. The van der Waals surface area contributed by atoms with Crippen LogP contribution in [0.1, 0.15) is 26.5 Å². The van der Waals surface area contributed by atoms with Gasteiger partial charge in [-0.05, 0) is 12.3 Å². The fraction of sp³-hybridized carbons (Fsp3) is 0.625. The summed E-state index contributed by atoms with van der Waals surface area (Å²) in [6, 6.07) is 0. The molecule has 1 heterocycles. The Morgan fingerprint density at radius 3 is 2.73 bits per heavy atom. The van der Waals surface area contributed by atoms with Gasteiger partial charge in [-0.3, -0.25) is 0 Å². The van der Waals surface area contributed by atoms with Crippen molar-refractivity contribution in [2.45, 2.75) is 26.5 Å². The van der Waals surface area contributed by atoms with E-state index in [-0.39, 0.29) is 0 Å². The SMILES string of the molecule is CC(C)CC(O)n1ccnc1. The van der Waals surface area contributed by atoms with Crippen molar-refractivity contribution < 1.29 is 5.11 Å². The van der Waals surface area contributed by atoms with Crippen LogP contribution in [-0.2, 0) is 0 Å². The van der Waals surface area contributed by atoms with Gasteiger partial charge in [0.2, 0.25) is 0 Å². The minimum atomic E-state index is -0.419. The molecule has 0 aliphatic heterocycles. The van der Waals surface area contributed by atoms with E-state index in [0.717, 1.165) is 6.42 Å². The summed E-state index contributed by atoms with van der Waals surface area (Å²) in [6.45, 7) is 4.17. The molecule has 1 N–H and O–H groups in total. The van der Waals surface area contributed by atoms with Crippen LogP contribution in [0, 0.1) is 5.92 Å². The van der Waals surface area contributed by atoms with E-state index < -0.39 is 6.23 Å². The number of aromatic nitrogens is 2. The molecule has 0 aromatic carbocycles. The molecule has 0 saturated carbocycles. The third-order valence-electron chi connectivity index (χ3n) is 1.55. The largest absolute Gasteiger partial charge is 0.373 e. The molecule has 0 saturated heterocycles. The summed E-state index contributed by atoms with van der Waals surface area (Å²) in [5.74, 6) is 0.507. The minimum Gasteiger partial charge on any atom is -0.373 e. The molecule has 0 aliphatic rings. The lowest BCUT2D eigenvalue weighted by molar-refractivity contribution is 0.0809. The first-order valence-corrected chi connectivity index (χ1v) is 3.85. The van der Waals surface area contributed by atoms with E-state index in [9.17, 15) is 5.11 Å². The Labute approximate surface area is 66.7 Å². The van der Waals surface area contributed by atoms with E-state index in [1.54, 1.807) is 23.3 Å². The zero-order valence-corrected chi connectivity index (χ0v) is 6.94. The fourth-order valence-electron chi connectivity index (χ4n) is 0.989. The highest BCUT2D eigenvalue weighted by molar-refractivity contribution is 4.76. The first-order valence-electron chi connectivity index (χ1n) is 3.85. The standard InChI is InChI=1S/C8H14N2O/c1-7(2)5-8(11)10-4-3-9-6-10/h3-4,6-8,11H,5H2,1-2H3. The molecule has 1 rings (SSSR count). The Balaban J connectivity index is 2.49. The van der Waals surface area contributed by atoms with Crippen molar-refractivity contribution in [2.75, 3.05) is 0 Å². The van der Waals surface area contributed by atoms with Crippen molar-refractivity contribution in [3.63, 3.8) is 0 Å². The molecule has 0 amide bonds. The zero-order valence-electron chi connectivity index (χ0n) is 6.94. The van der Waals surface area contributed by atoms with E-state index in [4.69, 9.17) is 0 Å². The van der Waals surface area contributed by atoms with Crippen LogP contribution in [0.2, 0.25) is 0 Å². The summed E-state index contributed by atoms with van der Waals surface area (Å²) in [7, 11) is 0. The highest BCUT2D eigenvalue weighted by Crippen LogP contribution is 2.12. The Bertz CT molecular complexity index is 194. The van der Waals surface area contributed by atoms with E-state index in [2.05, 4.69) is 18.8 Å². The summed E-state index contributed by atoms with van der Waals surface area (Å²) in [6.07, 6.45) is 5.43. The molecule has 0 fully saturated rings. The summed E-state index contributed by atoms with van der Waals surface area (Å²) >= 11 is 0. The molecule has 1 aromatic rings. The van der Waals surface area contributed by atoms with E-state index in [0.29, 0.717) is 5.92 Å². The molecular weight excluding hydrogens is 140 g/mol. The lowest BCUT2D eigenvalue weighted by atomic mass is 10.1. The second-order valence-electron chi connectivity index (χ2n) is 3.12. The highest BCUT2D eigenvalue weighted by atomic mass is 16.3. The molecule has 0 aliphatic carbocycles. The summed E-state index contributed by atoms with van der Waals surface area (Å²) in [5, 5.41) is 9.50. The van der Waals surface area contributed by atoms with Gasteiger partial charge >= 0.3 is 0 Å². The number of hydrogen-bond donors (Lipinski definition) is 1.